The lowest BCUT2D eigenvalue weighted by Gasteiger charge is -2.13. The molecule has 40 heavy (non-hydrogen) atoms. The molecular weight excluding hydrogens is 633 g/mol. The first kappa shape index (κ1) is 42.1. The second-order valence-electron chi connectivity index (χ2n) is 7.00. The number of ether oxygens (including phenoxy) is 1. The van der Waals surface area contributed by atoms with Crippen LogP contribution in [0, 0.1) is 0 Å². The number of halogens is 1. The normalized spacial score (nSPS) is 10.7. The maximum atomic E-state index is 12.9. The van der Waals surface area contributed by atoms with Crippen LogP contribution in [-0.4, -0.2) is 32.7 Å². The van der Waals surface area contributed by atoms with Crippen molar-refractivity contribution in [1.29, 1.82) is 0 Å². The standard InChI is InChI=1S/C22H23N3O3S.C3H8.3C2H6.CH3I/c1-3-5-9-16(4-2)14-23-20(26)18-19(28-15-17-10-7-6-8-11-17)21(27)25-12-13-29-22(25)24-18;1-3-2;4*1-2/h3-11H,1,12-15H2,2H3,(H,23,26);3H2,1-2H3;3*1-2H3;1H3/b9-5-,16-4+;;;;;. The topological polar surface area (TPSA) is 73.2 Å². The van der Waals surface area contributed by atoms with Gasteiger partial charge in [0.2, 0.25) is 5.75 Å². The highest BCUT2D eigenvalue weighted by Crippen LogP contribution is 2.25. The minimum Gasteiger partial charge on any atom is -0.481 e. The van der Waals surface area contributed by atoms with E-state index < -0.39 is 5.91 Å². The molecular formula is C32H52IN3O3S. The molecule has 2 aromatic rings. The third-order valence-electron chi connectivity index (χ3n) is 4.35. The Morgan fingerprint density at radius 3 is 2.23 bits per heavy atom. The Balaban J connectivity index is -0.00000110. The molecule has 0 atom stereocenters. The van der Waals surface area contributed by atoms with Crippen LogP contribution in [0.15, 0.2) is 76.7 Å². The fourth-order valence-electron chi connectivity index (χ4n) is 2.78. The molecule has 3 rings (SSSR count). The van der Waals surface area contributed by atoms with Gasteiger partial charge in [0.1, 0.15) is 6.61 Å². The van der Waals surface area contributed by atoms with E-state index in [0.29, 0.717) is 18.2 Å². The zero-order valence-electron chi connectivity index (χ0n) is 26.3. The number of alkyl halides is 1. The SMILES string of the molecule is C=C/C=C\C(=C/C)CNC(=O)c1nc2n(c(=O)c1OCc1ccccc1)CCS2.CC.CC.CC.CCC.CI. The lowest BCUT2D eigenvalue weighted by atomic mass is 10.2. The molecule has 1 aliphatic rings. The van der Waals surface area contributed by atoms with Gasteiger partial charge in [0.25, 0.3) is 11.5 Å². The van der Waals surface area contributed by atoms with Crippen LogP contribution in [-0.2, 0) is 13.2 Å². The van der Waals surface area contributed by atoms with Crippen LogP contribution in [0.25, 0.3) is 0 Å². The number of hydrogen-bond donors (Lipinski definition) is 1. The Morgan fingerprint density at radius 2 is 1.70 bits per heavy atom. The van der Waals surface area contributed by atoms with E-state index in [4.69, 9.17) is 4.74 Å². The van der Waals surface area contributed by atoms with E-state index in [0.717, 1.165) is 16.9 Å². The Kier molecular flexibility index (Phi) is 31.2. The second-order valence-corrected chi connectivity index (χ2v) is 8.06. The predicted molar refractivity (Wildman–Crippen MR) is 185 cm³/mol. The first-order valence-corrected chi connectivity index (χ1v) is 17.2. The van der Waals surface area contributed by atoms with Crippen LogP contribution in [0.4, 0.5) is 0 Å². The largest absolute Gasteiger partial charge is 0.481 e. The van der Waals surface area contributed by atoms with E-state index >= 15 is 0 Å². The molecule has 1 aromatic heterocycles. The molecule has 0 radical (unpaired) electrons. The highest BCUT2D eigenvalue weighted by atomic mass is 127. The third-order valence-corrected chi connectivity index (χ3v) is 5.31. The monoisotopic (exact) mass is 685 g/mol. The van der Waals surface area contributed by atoms with Crippen LogP contribution in [0.3, 0.4) is 0 Å². The van der Waals surface area contributed by atoms with Gasteiger partial charge in [0.15, 0.2) is 10.9 Å². The van der Waals surface area contributed by atoms with Gasteiger partial charge in [-0.1, -0.05) is 157 Å². The summed E-state index contributed by atoms with van der Waals surface area (Å²) < 4.78 is 7.35. The molecule has 226 valence electrons. The van der Waals surface area contributed by atoms with Crippen molar-refractivity contribution in [3.05, 3.63) is 88.4 Å². The average Bonchev–Trinajstić information content (AvgIpc) is 3.51. The van der Waals surface area contributed by atoms with Gasteiger partial charge in [0.05, 0.1) is 0 Å². The van der Waals surface area contributed by atoms with E-state index in [1.807, 2.05) is 95.9 Å². The van der Waals surface area contributed by atoms with Crippen molar-refractivity contribution < 1.29 is 9.53 Å². The number of nitrogens with zero attached hydrogens (tertiary/aromatic N) is 2. The Hall–Kier alpha value is -2.33. The summed E-state index contributed by atoms with van der Waals surface area (Å²) in [4.78, 5) is 32.2. The van der Waals surface area contributed by atoms with E-state index in [1.165, 1.54) is 18.2 Å². The molecule has 1 aliphatic heterocycles. The molecule has 1 N–H and O–H groups in total. The molecule has 0 aliphatic carbocycles. The molecule has 0 saturated carbocycles. The summed E-state index contributed by atoms with van der Waals surface area (Å²) in [6, 6.07) is 9.50. The first-order valence-electron chi connectivity index (χ1n) is 14.1. The number of amides is 1. The summed E-state index contributed by atoms with van der Waals surface area (Å²) in [6.07, 6.45) is 8.47. The van der Waals surface area contributed by atoms with E-state index in [-0.39, 0.29) is 23.6 Å². The lowest BCUT2D eigenvalue weighted by Crippen LogP contribution is -2.31. The average molecular weight is 686 g/mol. The molecule has 0 unspecified atom stereocenters. The molecule has 0 bridgehead atoms. The number of benzene rings is 1. The van der Waals surface area contributed by atoms with E-state index in [2.05, 4.69) is 53.3 Å². The number of hydrogen-bond acceptors (Lipinski definition) is 5. The number of thioether (sulfide) groups is 1. The van der Waals surface area contributed by atoms with E-state index in [9.17, 15) is 9.59 Å². The van der Waals surface area contributed by atoms with Gasteiger partial charge in [-0.2, -0.15) is 0 Å². The van der Waals surface area contributed by atoms with Gasteiger partial charge < -0.3 is 10.1 Å². The summed E-state index contributed by atoms with van der Waals surface area (Å²) in [5, 5.41) is 3.37. The van der Waals surface area contributed by atoms with E-state index in [1.54, 1.807) is 16.7 Å². The van der Waals surface area contributed by atoms with Gasteiger partial charge in [-0.15, -0.1) is 0 Å². The van der Waals surface area contributed by atoms with Gasteiger partial charge in [-0.3, -0.25) is 14.2 Å². The molecule has 0 spiro atoms. The fourth-order valence-corrected chi connectivity index (χ4v) is 3.72. The number of nitrogens with one attached hydrogen (secondary N) is 1. The number of carbonyl (C=O) groups is 1. The first-order chi connectivity index (χ1) is 19.5. The van der Waals surface area contributed by atoms with Crippen molar-refractivity contribution in [1.82, 2.24) is 14.9 Å². The summed E-state index contributed by atoms with van der Waals surface area (Å²) in [6.45, 7) is 22.8. The smallest absolute Gasteiger partial charge is 0.297 e. The van der Waals surface area contributed by atoms with Crippen LogP contribution in [0.5, 0.6) is 5.75 Å². The maximum Gasteiger partial charge on any atom is 0.297 e. The van der Waals surface area contributed by atoms with Crippen molar-refractivity contribution in [3.63, 3.8) is 0 Å². The quantitative estimate of drug-likeness (QED) is 0.130. The highest BCUT2D eigenvalue weighted by Gasteiger charge is 2.25. The maximum absolute atomic E-state index is 12.9. The molecule has 0 saturated heterocycles. The minimum atomic E-state index is -0.438. The summed E-state index contributed by atoms with van der Waals surface area (Å²) in [7, 11) is 0. The number of fused-ring (bicyclic) bond motifs is 1. The van der Waals surface area contributed by atoms with Gasteiger partial charge in [-0.05, 0) is 23.0 Å². The molecule has 8 heteroatoms. The Morgan fingerprint density at radius 1 is 1.12 bits per heavy atom. The fraction of sp³-hybridized carbons (Fsp3) is 0.469. The lowest BCUT2D eigenvalue weighted by molar-refractivity contribution is 0.0945. The molecule has 1 aromatic carbocycles. The number of allylic oxidation sites excluding steroid dienone is 3. The minimum absolute atomic E-state index is 0.0127. The summed E-state index contributed by atoms with van der Waals surface area (Å²) in [5.41, 5.74) is 1.52. The Labute approximate surface area is 261 Å². The van der Waals surface area contributed by atoms with Crippen molar-refractivity contribution in [3.8, 4) is 5.75 Å². The van der Waals surface area contributed by atoms with Crippen molar-refractivity contribution in [2.24, 2.45) is 0 Å². The summed E-state index contributed by atoms with van der Waals surface area (Å²) >= 11 is 3.61. The third kappa shape index (κ3) is 16.1. The summed E-state index contributed by atoms with van der Waals surface area (Å²) in [5.74, 6) is 0.300. The van der Waals surface area contributed by atoms with Crippen LogP contribution in [0.1, 0.15) is 84.8 Å². The van der Waals surface area contributed by atoms with Crippen LogP contribution >= 0.6 is 34.4 Å². The molecule has 1 amide bonds. The zero-order valence-corrected chi connectivity index (χ0v) is 29.3. The second kappa shape index (κ2) is 29.6. The van der Waals surface area contributed by atoms with Crippen molar-refractivity contribution in [2.45, 2.75) is 87.0 Å². The van der Waals surface area contributed by atoms with Crippen LogP contribution < -0.4 is 15.6 Å². The Bertz CT molecular complexity index is 1040. The van der Waals surface area contributed by atoms with Crippen molar-refractivity contribution in [2.75, 3.05) is 17.2 Å². The van der Waals surface area contributed by atoms with Gasteiger partial charge in [0, 0.05) is 18.8 Å². The number of rotatable bonds is 8. The predicted octanol–water partition coefficient (Wildman–Crippen LogP) is 8.89. The zero-order chi connectivity index (χ0) is 31.3. The van der Waals surface area contributed by atoms with Gasteiger partial charge in [-0.25, -0.2) is 4.98 Å². The van der Waals surface area contributed by atoms with Gasteiger partial charge >= 0.3 is 0 Å². The number of aromatic nitrogens is 2. The molecule has 0 fully saturated rings. The highest BCUT2D eigenvalue weighted by molar-refractivity contribution is 14.1. The van der Waals surface area contributed by atoms with Crippen molar-refractivity contribution >= 4 is 40.3 Å². The molecule has 2 heterocycles. The number of carbonyl (C=O) groups excluding carboxylic acids is 1. The molecule has 6 nitrogen and oxygen atoms in total. The van der Waals surface area contributed by atoms with Crippen LogP contribution in [0.2, 0.25) is 0 Å².